The van der Waals surface area contributed by atoms with Gasteiger partial charge in [0.05, 0.1) is 5.71 Å². The number of aryl methyl sites for hydroxylation is 1. The third-order valence-corrected chi connectivity index (χ3v) is 4.14. The van der Waals surface area contributed by atoms with Gasteiger partial charge in [0.1, 0.15) is 18.3 Å². The number of nitrogens with one attached hydrogen (secondary N) is 1. The first-order chi connectivity index (χ1) is 12.4. The number of carbonyl (C=O) groups excluding carboxylic acids is 1. The fraction of sp³-hybridized carbons (Fsp3) is 0.286. The van der Waals surface area contributed by atoms with E-state index >= 15 is 0 Å². The number of ketones is 1. The highest BCUT2D eigenvalue weighted by atomic mass is 16.5. The Morgan fingerprint density at radius 2 is 1.81 bits per heavy atom. The van der Waals surface area contributed by atoms with Gasteiger partial charge in [-0.2, -0.15) is 0 Å². The summed E-state index contributed by atoms with van der Waals surface area (Å²) < 4.78 is 5.76. The van der Waals surface area contributed by atoms with E-state index in [2.05, 4.69) is 0 Å². The van der Waals surface area contributed by atoms with Crippen molar-refractivity contribution in [3.63, 3.8) is 0 Å². The normalized spacial score (nSPS) is 11.6. The Labute approximate surface area is 153 Å². The summed E-state index contributed by atoms with van der Waals surface area (Å²) in [7, 11) is 0. The molecule has 5 nitrogen and oxygen atoms in total. The van der Waals surface area contributed by atoms with E-state index in [4.69, 9.17) is 15.3 Å². The SMILES string of the molecule is CC[C@H](C(=N)C(=O)Cc1cccc(OCc2ccc(C)cc2)c1)C(=O)O. The lowest BCUT2D eigenvalue weighted by Gasteiger charge is -2.11. The molecule has 2 aromatic carbocycles. The van der Waals surface area contributed by atoms with Crippen LogP contribution in [0.25, 0.3) is 0 Å². The second kappa shape index (κ2) is 8.94. The molecule has 2 N–H and O–H groups in total. The molecule has 0 bridgehead atoms. The van der Waals surface area contributed by atoms with Crippen molar-refractivity contribution in [3.8, 4) is 5.75 Å². The number of carboxylic acids is 1. The van der Waals surface area contributed by atoms with Crippen LogP contribution in [0.5, 0.6) is 5.75 Å². The van der Waals surface area contributed by atoms with Crippen molar-refractivity contribution in [1.29, 1.82) is 5.41 Å². The molecule has 2 aromatic rings. The molecule has 0 aliphatic rings. The van der Waals surface area contributed by atoms with Crippen molar-refractivity contribution >= 4 is 17.5 Å². The summed E-state index contributed by atoms with van der Waals surface area (Å²) in [6.45, 7) is 4.10. The molecule has 0 fully saturated rings. The Hall–Kier alpha value is -2.95. The molecule has 0 aliphatic carbocycles. The highest BCUT2D eigenvalue weighted by Crippen LogP contribution is 2.17. The van der Waals surface area contributed by atoms with E-state index in [-0.39, 0.29) is 18.6 Å². The predicted molar refractivity (Wildman–Crippen MR) is 99.8 cm³/mol. The van der Waals surface area contributed by atoms with Gasteiger partial charge >= 0.3 is 5.97 Å². The minimum atomic E-state index is -1.14. The third-order valence-electron chi connectivity index (χ3n) is 4.14. The quantitative estimate of drug-likeness (QED) is 0.671. The van der Waals surface area contributed by atoms with Gasteiger partial charge in [0, 0.05) is 6.42 Å². The van der Waals surface area contributed by atoms with E-state index in [0.717, 1.165) is 5.56 Å². The molecule has 0 amide bonds. The molecule has 5 heteroatoms. The van der Waals surface area contributed by atoms with Gasteiger partial charge in [-0.15, -0.1) is 0 Å². The molecular weight excluding hydrogens is 330 g/mol. The smallest absolute Gasteiger partial charge is 0.312 e. The molecule has 1 atom stereocenters. The average Bonchev–Trinajstić information content (AvgIpc) is 2.61. The zero-order valence-corrected chi connectivity index (χ0v) is 15.0. The van der Waals surface area contributed by atoms with Crippen LogP contribution in [-0.2, 0) is 22.6 Å². The lowest BCUT2D eigenvalue weighted by molar-refractivity contribution is -0.139. The van der Waals surface area contributed by atoms with Gasteiger partial charge in [0.25, 0.3) is 0 Å². The maximum atomic E-state index is 12.2. The first-order valence-electron chi connectivity index (χ1n) is 8.52. The Bertz CT molecular complexity index is 796. The maximum Gasteiger partial charge on any atom is 0.312 e. The van der Waals surface area contributed by atoms with Crippen LogP contribution < -0.4 is 4.74 Å². The summed E-state index contributed by atoms with van der Waals surface area (Å²) in [5.41, 5.74) is 2.57. The molecule has 0 spiro atoms. The topological polar surface area (TPSA) is 87.5 Å². The summed E-state index contributed by atoms with van der Waals surface area (Å²) in [5, 5.41) is 16.9. The second-order valence-electron chi connectivity index (χ2n) is 6.23. The molecule has 136 valence electrons. The Morgan fingerprint density at radius 1 is 1.12 bits per heavy atom. The summed E-state index contributed by atoms with van der Waals surface area (Å²) in [5.74, 6) is -2.04. The first kappa shape index (κ1) is 19.4. The van der Waals surface area contributed by atoms with Crippen molar-refractivity contribution in [2.75, 3.05) is 0 Å². The number of benzene rings is 2. The van der Waals surface area contributed by atoms with E-state index in [9.17, 15) is 9.59 Å². The van der Waals surface area contributed by atoms with Gasteiger partial charge in [-0.25, -0.2) is 0 Å². The average molecular weight is 353 g/mol. The number of rotatable bonds is 9. The lowest BCUT2D eigenvalue weighted by atomic mass is 9.94. The van der Waals surface area contributed by atoms with Crippen molar-refractivity contribution in [2.45, 2.75) is 33.3 Å². The maximum absolute atomic E-state index is 12.2. The number of hydrogen-bond acceptors (Lipinski definition) is 4. The van der Waals surface area contributed by atoms with Crippen LogP contribution in [-0.4, -0.2) is 22.6 Å². The zero-order valence-electron chi connectivity index (χ0n) is 15.0. The van der Waals surface area contributed by atoms with Crippen molar-refractivity contribution in [2.24, 2.45) is 5.92 Å². The standard InChI is InChI=1S/C21H23NO4/c1-3-18(21(24)25)20(22)19(23)12-16-5-4-6-17(11-16)26-13-15-9-7-14(2)8-10-15/h4-11,18,22H,3,12-13H2,1-2H3,(H,24,25)/t18-/m1/s1. The van der Waals surface area contributed by atoms with Crippen LogP contribution in [0.1, 0.15) is 30.0 Å². The fourth-order valence-electron chi connectivity index (χ4n) is 2.57. The minimum absolute atomic E-state index is 0.00958. The monoisotopic (exact) mass is 353 g/mol. The highest BCUT2D eigenvalue weighted by Gasteiger charge is 2.25. The number of carbonyl (C=O) groups is 2. The van der Waals surface area contributed by atoms with Crippen molar-refractivity contribution < 1.29 is 19.4 Å². The lowest BCUT2D eigenvalue weighted by Crippen LogP contribution is -2.30. The van der Waals surface area contributed by atoms with Crippen LogP contribution in [0.15, 0.2) is 48.5 Å². The summed E-state index contributed by atoms with van der Waals surface area (Å²) >= 11 is 0. The number of carboxylic acid groups (broad SMARTS) is 1. The first-order valence-corrected chi connectivity index (χ1v) is 8.52. The Morgan fingerprint density at radius 3 is 2.42 bits per heavy atom. The molecule has 26 heavy (non-hydrogen) atoms. The van der Waals surface area contributed by atoms with E-state index in [1.165, 1.54) is 5.56 Å². The second-order valence-corrected chi connectivity index (χ2v) is 6.23. The van der Waals surface area contributed by atoms with Crippen LogP contribution in [0.2, 0.25) is 0 Å². The minimum Gasteiger partial charge on any atom is -0.489 e. The molecule has 2 rings (SSSR count). The van der Waals surface area contributed by atoms with E-state index < -0.39 is 17.7 Å². The van der Waals surface area contributed by atoms with E-state index in [0.29, 0.717) is 17.9 Å². The molecule has 0 saturated carbocycles. The Balaban J connectivity index is 1.99. The van der Waals surface area contributed by atoms with Crippen LogP contribution in [0, 0.1) is 18.3 Å². The van der Waals surface area contributed by atoms with Gasteiger partial charge < -0.3 is 15.3 Å². The molecule has 0 saturated heterocycles. The van der Waals surface area contributed by atoms with Crippen molar-refractivity contribution in [3.05, 3.63) is 65.2 Å². The molecule has 0 heterocycles. The fourth-order valence-corrected chi connectivity index (χ4v) is 2.57. The third kappa shape index (κ3) is 5.28. The van der Waals surface area contributed by atoms with Crippen molar-refractivity contribution in [1.82, 2.24) is 0 Å². The number of hydrogen-bond donors (Lipinski definition) is 2. The molecule has 0 aromatic heterocycles. The molecule has 0 radical (unpaired) electrons. The van der Waals surface area contributed by atoms with E-state index in [1.54, 1.807) is 31.2 Å². The molecular formula is C21H23NO4. The molecule has 0 aliphatic heterocycles. The van der Waals surface area contributed by atoms with Gasteiger partial charge in [0.15, 0.2) is 5.78 Å². The Kier molecular flexibility index (Phi) is 6.67. The summed E-state index contributed by atoms with van der Waals surface area (Å²) in [6.07, 6.45) is 0.212. The van der Waals surface area contributed by atoms with Gasteiger partial charge in [-0.1, -0.05) is 48.9 Å². The van der Waals surface area contributed by atoms with Gasteiger partial charge in [-0.3, -0.25) is 9.59 Å². The molecule has 0 unspecified atom stereocenters. The van der Waals surface area contributed by atoms with Gasteiger partial charge in [-0.05, 0) is 36.6 Å². The zero-order chi connectivity index (χ0) is 19.1. The van der Waals surface area contributed by atoms with Crippen LogP contribution in [0.4, 0.5) is 0 Å². The van der Waals surface area contributed by atoms with Crippen LogP contribution >= 0.6 is 0 Å². The van der Waals surface area contributed by atoms with E-state index in [1.807, 2.05) is 31.2 Å². The number of aliphatic carboxylic acids is 1. The van der Waals surface area contributed by atoms with Crippen LogP contribution in [0.3, 0.4) is 0 Å². The van der Waals surface area contributed by atoms with Gasteiger partial charge in [0.2, 0.25) is 0 Å². The number of ether oxygens (including phenoxy) is 1. The largest absolute Gasteiger partial charge is 0.489 e. The summed E-state index contributed by atoms with van der Waals surface area (Å²) in [4.78, 5) is 23.3. The predicted octanol–water partition coefficient (Wildman–Crippen LogP) is 3.82. The number of Topliss-reactive ketones (excluding diaryl/α,β-unsaturated/α-hetero) is 1. The highest BCUT2D eigenvalue weighted by molar-refractivity contribution is 6.42. The summed E-state index contributed by atoms with van der Waals surface area (Å²) in [6, 6.07) is 15.1.